The number of benzene rings is 1. The molecule has 164 valence electrons. The third-order valence-electron chi connectivity index (χ3n) is 4.40. The minimum Gasteiger partial charge on any atom is -0.444 e. The van der Waals surface area contributed by atoms with E-state index in [4.69, 9.17) is 4.74 Å². The largest absolute Gasteiger partial charge is 0.444 e. The number of fused-ring (bicyclic) bond motifs is 1. The fourth-order valence-electron chi connectivity index (χ4n) is 3.22. The van der Waals surface area contributed by atoms with Crippen LogP contribution in [0.2, 0.25) is 0 Å². The summed E-state index contributed by atoms with van der Waals surface area (Å²) in [7, 11) is -3.18. The Hall–Kier alpha value is -2.14. The molecule has 2 amide bonds. The first kappa shape index (κ1) is 22.5. The predicted molar refractivity (Wildman–Crippen MR) is 114 cm³/mol. The first-order valence-electron chi connectivity index (χ1n) is 9.44. The van der Waals surface area contributed by atoms with Crippen LogP contribution in [0.15, 0.2) is 29.3 Å². The number of carbonyl (C=O) groups excluding carboxylic acids is 2. The van der Waals surface area contributed by atoms with Crippen molar-refractivity contribution >= 4 is 44.5 Å². The summed E-state index contributed by atoms with van der Waals surface area (Å²) >= 11 is 1.24. The highest BCUT2D eigenvalue weighted by Gasteiger charge is 2.49. The number of sulfone groups is 1. The second-order valence-corrected chi connectivity index (χ2v) is 11.5. The van der Waals surface area contributed by atoms with E-state index >= 15 is 0 Å². The average molecular weight is 458 g/mol. The molecule has 1 N–H and O–H groups in total. The van der Waals surface area contributed by atoms with Crippen LogP contribution in [0.3, 0.4) is 0 Å². The van der Waals surface area contributed by atoms with Gasteiger partial charge in [-0.1, -0.05) is 11.8 Å². The molecule has 0 saturated carbocycles. The van der Waals surface area contributed by atoms with Gasteiger partial charge in [-0.25, -0.2) is 17.6 Å². The van der Waals surface area contributed by atoms with Crippen molar-refractivity contribution in [2.45, 2.75) is 44.1 Å². The smallest absolute Gasteiger partial charge is 0.407 e. The van der Waals surface area contributed by atoms with Crippen LogP contribution < -0.4 is 10.2 Å². The van der Waals surface area contributed by atoms with E-state index in [1.54, 1.807) is 25.7 Å². The van der Waals surface area contributed by atoms with E-state index in [2.05, 4.69) is 10.3 Å². The van der Waals surface area contributed by atoms with Crippen molar-refractivity contribution in [2.75, 3.05) is 23.0 Å². The van der Waals surface area contributed by atoms with Gasteiger partial charge in [0, 0.05) is 23.9 Å². The third kappa shape index (κ3) is 5.72. The van der Waals surface area contributed by atoms with E-state index < -0.39 is 33.3 Å². The number of aliphatic imine (C=N–C) groups is 1. The zero-order chi connectivity index (χ0) is 22.1. The van der Waals surface area contributed by atoms with E-state index in [-0.39, 0.29) is 35.8 Å². The van der Waals surface area contributed by atoms with Crippen molar-refractivity contribution in [3.63, 3.8) is 0 Å². The fraction of sp³-hybridized carbons (Fsp3) is 0.526. The van der Waals surface area contributed by atoms with Gasteiger partial charge in [0.1, 0.15) is 11.4 Å². The lowest BCUT2D eigenvalue weighted by Crippen LogP contribution is -2.37. The number of carbonyl (C=O) groups is 2. The number of halogens is 1. The molecule has 2 atom stereocenters. The molecule has 2 aliphatic rings. The Morgan fingerprint density at radius 1 is 1.27 bits per heavy atom. The Morgan fingerprint density at radius 3 is 2.57 bits per heavy atom. The highest BCUT2D eigenvalue weighted by molar-refractivity contribution is 8.16. The van der Waals surface area contributed by atoms with Gasteiger partial charge in [-0.2, -0.15) is 4.99 Å². The molecule has 2 fully saturated rings. The van der Waals surface area contributed by atoms with Gasteiger partial charge in [-0.05, 0) is 45.0 Å². The molecule has 0 aliphatic carbocycles. The average Bonchev–Trinajstić information content (AvgIpc) is 3.05. The summed E-state index contributed by atoms with van der Waals surface area (Å²) in [6.45, 7) is 5.28. The van der Waals surface area contributed by atoms with Crippen LogP contribution in [0.1, 0.15) is 27.2 Å². The van der Waals surface area contributed by atoms with Gasteiger partial charge in [0.25, 0.3) is 0 Å². The molecule has 2 aliphatic heterocycles. The van der Waals surface area contributed by atoms with Crippen molar-refractivity contribution in [1.82, 2.24) is 5.32 Å². The maximum atomic E-state index is 13.3. The summed E-state index contributed by atoms with van der Waals surface area (Å²) in [6.07, 6.45) is -0.653. The fourth-order valence-corrected chi connectivity index (χ4v) is 7.15. The number of ether oxygens (including phenoxy) is 1. The van der Waals surface area contributed by atoms with Crippen LogP contribution in [-0.4, -0.2) is 60.5 Å². The summed E-state index contributed by atoms with van der Waals surface area (Å²) in [4.78, 5) is 29.8. The molecule has 11 heteroatoms. The first-order valence-corrected chi connectivity index (χ1v) is 12.1. The predicted octanol–water partition coefficient (Wildman–Crippen LogP) is 2.34. The standard InChI is InChI=1S/C19H24FN3O5S2/c1-19(2,3)28-18(25)21-9-8-16(24)22-17-23(13-6-4-12(20)5-7-13)14-10-30(26,27)11-15(14)29-17/h4-7,14-15H,8-11H2,1-3H3,(H,21,25)/t14-,15-/m0/s1. The monoisotopic (exact) mass is 457 g/mol. The number of nitrogens with one attached hydrogen (secondary N) is 1. The van der Waals surface area contributed by atoms with Crippen molar-refractivity contribution < 1.29 is 27.1 Å². The van der Waals surface area contributed by atoms with E-state index in [0.717, 1.165) is 0 Å². The first-order chi connectivity index (χ1) is 13.9. The molecule has 0 spiro atoms. The zero-order valence-corrected chi connectivity index (χ0v) is 18.6. The quantitative estimate of drug-likeness (QED) is 0.740. The molecule has 30 heavy (non-hydrogen) atoms. The summed E-state index contributed by atoms with van der Waals surface area (Å²) in [5.74, 6) is -0.907. The van der Waals surface area contributed by atoms with Crippen molar-refractivity contribution in [3.05, 3.63) is 30.1 Å². The third-order valence-corrected chi connectivity index (χ3v) is 7.61. The van der Waals surface area contributed by atoms with Crippen LogP contribution in [0.25, 0.3) is 0 Å². The molecule has 0 aromatic heterocycles. The molecule has 1 aromatic rings. The van der Waals surface area contributed by atoms with Gasteiger partial charge in [-0.15, -0.1) is 0 Å². The van der Waals surface area contributed by atoms with Gasteiger partial charge in [0.2, 0.25) is 5.91 Å². The van der Waals surface area contributed by atoms with E-state index in [9.17, 15) is 22.4 Å². The van der Waals surface area contributed by atoms with Crippen molar-refractivity contribution in [2.24, 2.45) is 4.99 Å². The van der Waals surface area contributed by atoms with Gasteiger partial charge in [0.15, 0.2) is 15.0 Å². The summed E-state index contributed by atoms with van der Waals surface area (Å²) < 4.78 is 42.5. The molecule has 0 radical (unpaired) electrons. The topological polar surface area (TPSA) is 105 Å². The molecule has 0 bridgehead atoms. The minimum absolute atomic E-state index is 0.00738. The lowest BCUT2D eigenvalue weighted by atomic mass is 10.2. The number of nitrogens with zero attached hydrogens (tertiary/aromatic N) is 2. The Morgan fingerprint density at radius 2 is 1.93 bits per heavy atom. The Bertz CT molecular complexity index is 957. The molecule has 8 nitrogen and oxygen atoms in total. The normalized spacial score (nSPS) is 24.0. The van der Waals surface area contributed by atoms with Crippen LogP contribution in [-0.2, 0) is 19.4 Å². The number of alkyl carbamates (subject to hydrolysis) is 1. The van der Waals surface area contributed by atoms with E-state index in [0.29, 0.717) is 10.9 Å². The maximum absolute atomic E-state index is 13.3. The second-order valence-electron chi connectivity index (χ2n) is 8.11. The molecule has 1 aromatic carbocycles. The lowest BCUT2D eigenvalue weighted by Gasteiger charge is -2.24. The SMILES string of the molecule is CC(C)(C)OC(=O)NCCC(=O)N=C1S[C@H]2CS(=O)(=O)C[C@@H]2N1c1ccc(F)cc1. The Balaban J connectivity index is 1.70. The van der Waals surface area contributed by atoms with Gasteiger partial charge in [0.05, 0.1) is 17.5 Å². The second kappa shape index (κ2) is 8.54. The van der Waals surface area contributed by atoms with Crippen LogP contribution in [0.5, 0.6) is 0 Å². The van der Waals surface area contributed by atoms with E-state index in [1.165, 1.54) is 36.0 Å². The van der Waals surface area contributed by atoms with E-state index in [1.807, 2.05) is 0 Å². The number of amides is 2. The molecule has 3 rings (SSSR count). The Labute approximate surface area is 179 Å². The van der Waals surface area contributed by atoms with Crippen LogP contribution >= 0.6 is 11.8 Å². The molecular formula is C19H24FN3O5S2. The zero-order valence-electron chi connectivity index (χ0n) is 16.9. The molecular weight excluding hydrogens is 433 g/mol. The maximum Gasteiger partial charge on any atom is 0.407 e. The number of hydrogen-bond donors (Lipinski definition) is 1. The summed E-state index contributed by atoms with van der Waals surface area (Å²) in [6, 6.07) is 5.26. The molecule has 2 saturated heterocycles. The van der Waals surface area contributed by atoms with Gasteiger partial charge < -0.3 is 15.0 Å². The highest BCUT2D eigenvalue weighted by atomic mass is 32.2. The van der Waals surface area contributed by atoms with Gasteiger partial charge >= 0.3 is 6.09 Å². The number of thioether (sulfide) groups is 1. The molecule has 2 heterocycles. The van der Waals surface area contributed by atoms with Crippen molar-refractivity contribution in [1.29, 1.82) is 0 Å². The number of anilines is 1. The van der Waals surface area contributed by atoms with Crippen LogP contribution in [0.4, 0.5) is 14.9 Å². The minimum atomic E-state index is -3.18. The number of amidine groups is 1. The summed E-state index contributed by atoms with van der Waals surface area (Å²) in [5.41, 5.74) is -0.0605. The van der Waals surface area contributed by atoms with Crippen molar-refractivity contribution in [3.8, 4) is 0 Å². The van der Waals surface area contributed by atoms with Crippen LogP contribution in [0, 0.1) is 5.82 Å². The molecule has 0 unspecified atom stereocenters. The lowest BCUT2D eigenvalue weighted by molar-refractivity contribution is -0.117. The number of hydrogen-bond acceptors (Lipinski definition) is 6. The highest BCUT2D eigenvalue weighted by Crippen LogP contribution is 2.40. The summed E-state index contributed by atoms with van der Waals surface area (Å²) in [5, 5.41) is 2.64. The Kier molecular flexibility index (Phi) is 6.42. The van der Waals surface area contributed by atoms with Gasteiger partial charge in [-0.3, -0.25) is 4.79 Å². The number of rotatable bonds is 4.